The van der Waals surface area contributed by atoms with E-state index in [4.69, 9.17) is 10.6 Å². The molecule has 21 heavy (non-hydrogen) atoms. The maximum Gasteiger partial charge on any atom is 0.265 e. The molecular formula is C15H14F2N2O2. The van der Waals surface area contributed by atoms with E-state index in [1.165, 1.54) is 18.2 Å². The SMILES string of the molecule is Cc1ccc(OCc2cc(C(=O)NN)ccc2F)cc1F. The van der Waals surface area contributed by atoms with Gasteiger partial charge in [0.25, 0.3) is 5.91 Å². The van der Waals surface area contributed by atoms with Gasteiger partial charge in [-0.05, 0) is 36.8 Å². The zero-order chi connectivity index (χ0) is 15.4. The van der Waals surface area contributed by atoms with E-state index in [9.17, 15) is 13.6 Å². The third-order valence-corrected chi connectivity index (χ3v) is 2.98. The van der Waals surface area contributed by atoms with Gasteiger partial charge in [-0.1, -0.05) is 6.07 Å². The van der Waals surface area contributed by atoms with E-state index in [-0.39, 0.29) is 23.5 Å². The summed E-state index contributed by atoms with van der Waals surface area (Å²) < 4.78 is 32.4. The van der Waals surface area contributed by atoms with Crippen molar-refractivity contribution in [3.63, 3.8) is 0 Å². The van der Waals surface area contributed by atoms with Gasteiger partial charge in [0.1, 0.15) is 24.0 Å². The van der Waals surface area contributed by atoms with Gasteiger partial charge in [0.2, 0.25) is 0 Å². The van der Waals surface area contributed by atoms with Crippen LogP contribution in [0.25, 0.3) is 0 Å². The molecule has 0 aromatic heterocycles. The van der Waals surface area contributed by atoms with E-state index in [2.05, 4.69) is 0 Å². The number of hydrazine groups is 1. The third kappa shape index (κ3) is 3.55. The molecule has 3 N–H and O–H groups in total. The van der Waals surface area contributed by atoms with Gasteiger partial charge in [-0.25, -0.2) is 14.6 Å². The summed E-state index contributed by atoms with van der Waals surface area (Å²) in [5, 5.41) is 0. The van der Waals surface area contributed by atoms with Gasteiger partial charge in [0.15, 0.2) is 0 Å². The monoisotopic (exact) mass is 292 g/mol. The maximum atomic E-state index is 13.7. The highest BCUT2D eigenvalue weighted by atomic mass is 19.1. The van der Waals surface area contributed by atoms with Crippen LogP contribution in [-0.2, 0) is 6.61 Å². The first-order valence-corrected chi connectivity index (χ1v) is 6.19. The number of nitrogens with two attached hydrogens (primary N) is 1. The molecule has 6 heteroatoms. The fourth-order valence-electron chi connectivity index (χ4n) is 1.73. The Labute approximate surface area is 120 Å². The summed E-state index contributed by atoms with van der Waals surface area (Å²) in [5.74, 6) is 3.86. The van der Waals surface area contributed by atoms with Gasteiger partial charge < -0.3 is 4.74 Å². The lowest BCUT2D eigenvalue weighted by atomic mass is 10.1. The van der Waals surface area contributed by atoms with Crippen molar-refractivity contribution in [3.05, 3.63) is 64.7 Å². The fourth-order valence-corrected chi connectivity index (χ4v) is 1.73. The molecule has 2 aromatic rings. The van der Waals surface area contributed by atoms with Crippen LogP contribution in [0.3, 0.4) is 0 Å². The lowest BCUT2D eigenvalue weighted by Gasteiger charge is -2.09. The number of carbonyl (C=O) groups is 1. The molecule has 0 radical (unpaired) electrons. The average molecular weight is 292 g/mol. The summed E-state index contributed by atoms with van der Waals surface area (Å²) in [4.78, 5) is 11.4. The largest absolute Gasteiger partial charge is 0.489 e. The third-order valence-electron chi connectivity index (χ3n) is 2.98. The highest BCUT2D eigenvalue weighted by molar-refractivity contribution is 5.93. The minimum absolute atomic E-state index is 0.125. The summed E-state index contributed by atoms with van der Waals surface area (Å²) in [6.45, 7) is 1.51. The number of nitrogens with one attached hydrogen (secondary N) is 1. The Hall–Kier alpha value is -2.47. The zero-order valence-corrected chi connectivity index (χ0v) is 11.3. The highest BCUT2D eigenvalue weighted by Crippen LogP contribution is 2.18. The van der Waals surface area contributed by atoms with Crippen LogP contribution in [0.2, 0.25) is 0 Å². The summed E-state index contributed by atoms with van der Waals surface area (Å²) in [7, 11) is 0. The van der Waals surface area contributed by atoms with Crippen molar-refractivity contribution >= 4 is 5.91 Å². The molecule has 0 saturated heterocycles. The second-order valence-electron chi connectivity index (χ2n) is 4.48. The molecule has 0 aliphatic carbocycles. The first kappa shape index (κ1) is 14.9. The molecule has 0 atom stereocenters. The van der Waals surface area contributed by atoms with Crippen molar-refractivity contribution in [1.82, 2.24) is 5.43 Å². The topological polar surface area (TPSA) is 64.3 Å². The molecule has 0 unspecified atom stereocenters. The van der Waals surface area contributed by atoms with E-state index in [1.54, 1.807) is 19.1 Å². The predicted molar refractivity (Wildman–Crippen MR) is 73.5 cm³/mol. The van der Waals surface area contributed by atoms with Crippen LogP contribution in [0.1, 0.15) is 21.5 Å². The Morgan fingerprint density at radius 1 is 1.19 bits per heavy atom. The molecule has 1 amide bonds. The van der Waals surface area contributed by atoms with Crippen LogP contribution in [0.4, 0.5) is 8.78 Å². The molecule has 2 aromatic carbocycles. The van der Waals surface area contributed by atoms with Gasteiger partial charge in [0, 0.05) is 17.2 Å². The Kier molecular flexibility index (Phi) is 4.49. The van der Waals surface area contributed by atoms with Crippen molar-refractivity contribution in [3.8, 4) is 5.75 Å². The second kappa shape index (κ2) is 6.32. The first-order valence-electron chi connectivity index (χ1n) is 6.19. The van der Waals surface area contributed by atoms with Gasteiger partial charge in [-0.15, -0.1) is 0 Å². The molecule has 0 bridgehead atoms. The Morgan fingerprint density at radius 3 is 2.62 bits per heavy atom. The fraction of sp³-hybridized carbons (Fsp3) is 0.133. The number of halogens is 2. The van der Waals surface area contributed by atoms with Crippen molar-refractivity contribution in [1.29, 1.82) is 0 Å². The summed E-state index contributed by atoms with van der Waals surface area (Å²) >= 11 is 0. The number of rotatable bonds is 4. The zero-order valence-electron chi connectivity index (χ0n) is 11.3. The second-order valence-corrected chi connectivity index (χ2v) is 4.48. The minimum Gasteiger partial charge on any atom is -0.489 e. The van der Waals surface area contributed by atoms with Gasteiger partial charge >= 0.3 is 0 Å². The number of ether oxygens (including phenoxy) is 1. The van der Waals surface area contributed by atoms with E-state index in [0.29, 0.717) is 5.56 Å². The van der Waals surface area contributed by atoms with E-state index < -0.39 is 17.5 Å². The van der Waals surface area contributed by atoms with Gasteiger partial charge in [-0.3, -0.25) is 10.2 Å². The van der Waals surface area contributed by atoms with Crippen LogP contribution in [0.5, 0.6) is 5.75 Å². The van der Waals surface area contributed by atoms with Gasteiger partial charge in [-0.2, -0.15) is 0 Å². The normalized spacial score (nSPS) is 10.3. The van der Waals surface area contributed by atoms with Crippen LogP contribution < -0.4 is 16.0 Å². The number of hydrogen-bond donors (Lipinski definition) is 2. The molecule has 4 nitrogen and oxygen atoms in total. The number of benzene rings is 2. The van der Waals surface area contributed by atoms with E-state index in [1.807, 2.05) is 5.43 Å². The summed E-state index contributed by atoms with van der Waals surface area (Å²) in [5.41, 5.74) is 2.85. The molecule has 0 heterocycles. The standard InChI is InChI=1S/C15H14F2N2O2/c1-9-2-4-12(7-14(9)17)21-8-11-6-10(15(20)19-18)3-5-13(11)16/h2-7H,8,18H2,1H3,(H,19,20). The quantitative estimate of drug-likeness (QED) is 0.517. The molecule has 0 saturated carbocycles. The predicted octanol–water partition coefficient (Wildman–Crippen LogP) is 2.46. The smallest absolute Gasteiger partial charge is 0.265 e. The molecule has 0 spiro atoms. The van der Waals surface area contributed by atoms with Crippen molar-refractivity contribution in [2.24, 2.45) is 5.84 Å². The summed E-state index contributed by atoms with van der Waals surface area (Å²) in [6, 6.07) is 8.18. The first-order chi connectivity index (χ1) is 10.0. The molecule has 0 aliphatic rings. The maximum absolute atomic E-state index is 13.7. The van der Waals surface area contributed by atoms with Crippen LogP contribution >= 0.6 is 0 Å². The number of aryl methyl sites for hydroxylation is 1. The average Bonchev–Trinajstić information content (AvgIpc) is 2.49. The van der Waals surface area contributed by atoms with Crippen molar-refractivity contribution < 1.29 is 18.3 Å². The lowest BCUT2D eigenvalue weighted by molar-refractivity contribution is 0.0953. The molecule has 0 aliphatic heterocycles. The van der Waals surface area contributed by atoms with Crippen LogP contribution in [0.15, 0.2) is 36.4 Å². The number of hydrogen-bond acceptors (Lipinski definition) is 3. The van der Waals surface area contributed by atoms with E-state index in [0.717, 1.165) is 6.07 Å². The minimum atomic E-state index is -0.530. The Bertz CT molecular complexity index is 675. The number of amides is 1. The van der Waals surface area contributed by atoms with Crippen molar-refractivity contribution in [2.45, 2.75) is 13.5 Å². The van der Waals surface area contributed by atoms with Crippen LogP contribution in [0, 0.1) is 18.6 Å². The number of nitrogen functional groups attached to an aromatic ring is 1. The lowest BCUT2D eigenvalue weighted by Crippen LogP contribution is -2.30. The summed E-state index contributed by atoms with van der Waals surface area (Å²) in [6.07, 6.45) is 0. The van der Waals surface area contributed by atoms with Crippen molar-refractivity contribution in [2.75, 3.05) is 0 Å². The molecular weight excluding hydrogens is 278 g/mol. The van der Waals surface area contributed by atoms with Crippen LogP contribution in [-0.4, -0.2) is 5.91 Å². The Balaban J connectivity index is 2.15. The molecule has 0 fully saturated rings. The molecule has 2 rings (SSSR count). The van der Waals surface area contributed by atoms with Gasteiger partial charge in [0.05, 0.1) is 0 Å². The van der Waals surface area contributed by atoms with E-state index >= 15 is 0 Å². The number of carbonyl (C=O) groups excluding carboxylic acids is 1. The molecule has 110 valence electrons. The Morgan fingerprint density at radius 2 is 1.95 bits per heavy atom. The highest BCUT2D eigenvalue weighted by Gasteiger charge is 2.10.